The number of hydrogen-bond acceptors (Lipinski definition) is 5. The van der Waals surface area contributed by atoms with Gasteiger partial charge in [-0.1, -0.05) is 26.0 Å². The molecule has 3 rings (SSSR count). The molecule has 1 aliphatic rings. The van der Waals surface area contributed by atoms with E-state index in [2.05, 4.69) is 46.9 Å². The number of hydrogen-bond donors (Lipinski definition) is 3. The van der Waals surface area contributed by atoms with Gasteiger partial charge in [-0.25, -0.2) is 9.78 Å². The molecule has 1 aliphatic carbocycles. The van der Waals surface area contributed by atoms with E-state index in [4.69, 9.17) is 4.74 Å². The Kier molecular flexibility index (Phi) is 8.50. The van der Waals surface area contributed by atoms with Crippen molar-refractivity contribution in [1.82, 2.24) is 20.9 Å². The summed E-state index contributed by atoms with van der Waals surface area (Å²) in [4.78, 5) is 28.8. The predicted molar refractivity (Wildman–Crippen MR) is 127 cm³/mol. The quantitative estimate of drug-likeness (QED) is 0.542. The molecule has 1 aromatic heterocycles. The average Bonchev–Trinajstić information content (AvgIpc) is 3.23. The second-order valence-electron chi connectivity index (χ2n) is 8.64. The lowest BCUT2D eigenvalue weighted by Gasteiger charge is -2.29. The second kappa shape index (κ2) is 11.3. The summed E-state index contributed by atoms with van der Waals surface area (Å²) in [5.74, 6) is 1.10. The van der Waals surface area contributed by atoms with E-state index < -0.39 is 0 Å². The molecule has 174 valence electrons. The van der Waals surface area contributed by atoms with Gasteiger partial charge in [-0.05, 0) is 62.6 Å². The summed E-state index contributed by atoms with van der Waals surface area (Å²) in [6, 6.07) is 6.40. The molecule has 0 radical (unpaired) electrons. The predicted octanol–water partition coefficient (Wildman–Crippen LogP) is 4.51. The number of rotatable bonds is 8. The van der Waals surface area contributed by atoms with Crippen LogP contribution in [-0.4, -0.2) is 35.6 Å². The second-order valence-corrected chi connectivity index (χ2v) is 9.58. The molecule has 1 saturated carbocycles. The largest absolute Gasteiger partial charge is 0.486 e. The lowest BCUT2D eigenvalue weighted by atomic mass is 9.91. The average molecular weight is 459 g/mol. The molecule has 1 aromatic carbocycles. The normalized spacial score (nSPS) is 18.3. The Morgan fingerprint density at radius 3 is 2.50 bits per heavy atom. The van der Waals surface area contributed by atoms with E-state index in [-0.39, 0.29) is 24.0 Å². The zero-order valence-electron chi connectivity index (χ0n) is 19.4. The fourth-order valence-corrected chi connectivity index (χ4v) is 4.59. The number of urea groups is 1. The van der Waals surface area contributed by atoms with E-state index in [1.807, 2.05) is 19.9 Å². The van der Waals surface area contributed by atoms with Gasteiger partial charge in [0.25, 0.3) is 5.91 Å². The van der Waals surface area contributed by atoms with Crippen molar-refractivity contribution in [3.05, 3.63) is 45.4 Å². The van der Waals surface area contributed by atoms with Crippen LogP contribution in [0, 0.1) is 6.92 Å². The highest BCUT2D eigenvalue weighted by molar-refractivity contribution is 7.09. The molecule has 0 unspecified atom stereocenters. The summed E-state index contributed by atoms with van der Waals surface area (Å²) >= 11 is 1.44. The molecule has 32 heavy (non-hydrogen) atoms. The van der Waals surface area contributed by atoms with Gasteiger partial charge in [-0.2, -0.15) is 0 Å². The van der Waals surface area contributed by atoms with Crippen LogP contribution in [0.15, 0.2) is 23.6 Å². The van der Waals surface area contributed by atoms with Crippen LogP contribution in [0.4, 0.5) is 4.79 Å². The van der Waals surface area contributed by atoms with Crippen molar-refractivity contribution in [2.45, 2.75) is 78.0 Å². The van der Waals surface area contributed by atoms with Crippen molar-refractivity contribution >= 4 is 23.3 Å². The third-order valence-corrected chi connectivity index (χ3v) is 6.48. The van der Waals surface area contributed by atoms with Gasteiger partial charge in [0.05, 0.1) is 0 Å². The van der Waals surface area contributed by atoms with E-state index in [1.54, 1.807) is 5.38 Å². The minimum atomic E-state index is -0.147. The summed E-state index contributed by atoms with van der Waals surface area (Å²) in [6.45, 7) is 9.19. The molecule has 7 nitrogen and oxygen atoms in total. The van der Waals surface area contributed by atoms with Gasteiger partial charge in [0, 0.05) is 24.0 Å². The molecular weight excluding hydrogens is 424 g/mol. The van der Waals surface area contributed by atoms with E-state index in [1.165, 1.54) is 16.9 Å². The highest BCUT2D eigenvalue weighted by Crippen LogP contribution is 2.28. The Hall–Kier alpha value is -2.61. The topological polar surface area (TPSA) is 92.4 Å². The van der Waals surface area contributed by atoms with Crippen LogP contribution in [-0.2, 0) is 6.61 Å². The Labute approximate surface area is 194 Å². The maximum Gasteiger partial charge on any atom is 0.314 e. The first-order valence-corrected chi connectivity index (χ1v) is 12.3. The molecule has 1 fully saturated rings. The highest BCUT2D eigenvalue weighted by Gasteiger charge is 2.24. The molecule has 3 amide bonds. The number of benzene rings is 1. The molecular formula is C24H34N4O3S. The molecule has 8 heteroatoms. The number of nitrogens with one attached hydrogen (secondary N) is 3. The molecule has 0 atom stereocenters. The molecule has 0 saturated heterocycles. The summed E-state index contributed by atoms with van der Waals surface area (Å²) in [5.41, 5.74) is 2.76. The standard InChI is InChI=1S/C24H34N4O3S/c1-5-25-24(30)27-18-9-7-17(8-10-18)26-23(29)20-14-32-22(28-20)13-31-21-12-16(4)6-11-19(21)15(2)3/h6,11-12,14-15,17-18H,5,7-10,13H2,1-4H3,(H,26,29)(H2,25,27,30). The van der Waals surface area contributed by atoms with Gasteiger partial charge in [0.2, 0.25) is 0 Å². The smallest absolute Gasteiger partial charge is 0.314 e. The van der Waals surface area contributed by atoms with Crippen LogP contribution in [0.3, 0.4) is 0 Å². The number of nitrogens with zero attached hydrogens (tertiary/aromatic N) is 1. The lowest BCUT2D eigenvalue weighted by molar-refractivity contribution is 0.0919. The Morgan fingerprint density at radius 2 is 1.84 bits per heavy atom. The summed E-state index contributed by atoms with van der Waals surface area (Å²) in [7, 11) is 0. The first-order valence-electron chi connectivity index (χ1n) is 11.4. The van der Waals surface area contributed by atoms with Gasteiger partial charge in [0.15, 0.2) is 0 Å². The van der Waals surface area contributed by atoms with Crippen molar-refractivity contribution in [2.75, 3.05) is 6.54 Å². The first-order chi connectivity index (χ1) is 15.4. The fourth-order valence-electron chi connectivity index (χ4n) is 3.90. The van der Waals surface area contributed by atoms with Crippen LogP contribution in [0.5, 0.6) is 5.75 Å². The third-order valence-electron chi connectivity index (χ3n) is 5.66. The Balaban J connectivity index is 1.48. The molecule has 0 bridgehead atoms. The zero-order chi connectivity index (χ0) is 23.1. The molecule has 1 heterocycles. The number of aromatic nitrogens is 1. The Bertz CT molecular complexity index is 920. The number of ether oxygens (including phenoxy) is 1. The van der Waals surface area contributed by atoms with Crippen molar-refractivity contribution in [2.24, 2.45) is 0 Å². The number of aryl methyl sites for hydroxylation is 1. The van der Waals surface area contributed by atoms with Gasteiger partial charge < -0.3 is 20.7 Å². The number of thiazole rings is 1. The minimum absolute atomic E-state index is 0.108. The van der Waals surface area contributed by atoms with Crippen molar-refractivity contribution in [1.29, 1.82) is 0 Å². The number of amides is 3. The maximum absolute atomic E-state index is 12.6. The third kappa shape index (κ3) is 6.69. The van der Waals surface area contributed by atoms with Crippen LogP contribution < -0.4 is 20.7 Å². The van der Waals surface area contributed by atoms with E-state index in [9.17, 15) is 9.59 Å². The van der Waals surface area contributed by atoms with Gasteiger partial charge >= 0.3 is 6.03 Å². The fraction of sp³-hybridized carbons (Fsp3) is 0.542. The van der Waals surface area contributed by atoms with Crippen LogP contribution in [0.25, 0.3) is 0 Å². The van der Waals surface area contributed by atoms with Crippen molar-refractivity contribution in [3.63, 3.8) is 0 Å². The van der Waals surface area contributed by atoms with E-state index in [0.29, 0.717) is 24.8 Å². The number of carbonyl (C=O) groups excluding carboxylic acids is 2. The van der Waals surface area contributed by atoms with Gasteiger partial charge in [-0.3, -0.25) is 4.79 Å². The highest BCUT2D eigenvalue weighted by atomic mass is 32.1. The van der Waals surface area contributed by atoms with E-state index in [0.717, 1.165) is 42.0 Å². The van der Waals surface area contributed by atoms with Crippen molar-refractivity contribution in [3.8, 4) is 5.75 Å². The monoisotopic (exact) mass is 458 g/mol. The van der Waals surface area contributed by atoms with Crippen LogP contribution in [0.2, 0.25) is 0 Å². The van der Waals surface area contributed by atoms with E-state index >= 15 is 0 Å². The molecule has 0 aliphatic heterocycles. The van der Waals surface area contributed by atoms with Crippen LogP contribution in [0.1, 0.15) is 79.0 Å². The first kappa shape index (κ1) is 24.0. The molecule has 0 spiro atoms. The Morgan fingerprint density at radius 1 is 1.16 bits per heavy atom. The lowest BCUT2D eigenvalue weighted by Crippen LogP contribution is -2.46. The molecule has 3 N–H and O–H groups in total. The van der Waals surface area contributed by atoms with Gasteiger partial charge in [-0.15, -0.1) is 11.3 Å². The number of carbonyl (C=O) groups is 2. The summed E-state index contributed by atoms with van der Waals surface area (Å²) < 4.78 is 6.05. The van der Waals surface area contributed by atoms with Gasteiger partial charge in [0.1, 0.15) is 23.1 Å². The SMILES string of the molecule is CCNC(=O)NC1CCC(NC(=O)c2csc(COc3cc(C)ccc3C(C)C)n2)CC1. The maximum atomic E-state index is 12.6. The summed E-state index contributed by atoms with van der Waals surface area (Å²) in [6.07, 6.45) is 3.39. The van der Waals surface area contributed by atoms with Crippen molar-refractivity contribution < 1.29 is 14.3 Å². The summed E-state index contributed by atoms with van der Waals surface area (Å²) in [5, 5.41) is 11.4. The van der Waals surface area contributed by atoms with Crippen LogP contribution >= 0.6 is 11.3 Å². The molecule has 2 aromatic rings. The zero-order valence-corrected chi connectivity index (χ0v) is 20.2. The minimum Gasteiger partial charge on any atom is -0.486 e.